The van der Waals surface area contributed by atoms with Crippen molar-refractivity contribution in [2.75, 3.05) is 6.54 Å². The first-order chi connectivity index (χ1) is 21.8. The lowest BCUT2D eigenvalue weighted by atomic mass is 9.62. The summed E-state index contributed by atoms with van der Waals surface area (Å²) in [6, 6.07) is 7.90. The molecule has 2 aromatic rings. The van der Waals surface area contributed by atoms with Crippen LogP contribution in [0, 0.1) is 23.2 Å². The highest BCUT2D eigenvalue weighted by Crippen LogP contribution is 2.64. The SMILES string of the molecule is CC(C)C(N)C(=O)N1CCCC1c1nc2c([nH]1)CCC(C1=CC=C(C3CCC(=O)c4ccccc43)C3CCC4(CCCC4)C13)=C2. The van der Waals surface area contributed by atoms with E-state index in [1.165, 1.54) is 55.4 Å². The fourth-order valence-corrected chi connectivity index (χ4v) is 10.2. The van der Waals surface area contributed by atoms with Gasteiger partial charge < -0.3 is 15.6 Å². The van der Waals surface area contributed by atoms with Crippen LogP contribution in [0.5, 0.6) is 0 Å². The van der Waals surface area contributed by atoms with E-state index < -0.39 is 6.04 Å². The van der Waals surface area contributed by atoms with Crippen molar-refractivity contribution in [2.24, 2.45) is 28.9 Å². The Bertz CT molecular complexity index is 1620. The van der Waals surface area contributed by atoms with Gasteiger partial charge in [-0.1, -0.05) is 68.7 Å². The number of fused-ring (bicyclic) bond motifs is 4. The number of benzene rings is 1. The van der Waals surface area contributed by atoms with Crippen molar-refractivity contribution in [3.63, 3.8) is 0 Å². The maximum atomic E-state index is 13.2. The Hall–Kier alpha value is -3.25. The molecule has 1 spiro atoms. The second-order valence-electron chi connectivity index (χ2n) is 15.2. The number of nitrogens with two attached hydrogens (primary N) is 1. The van der Waals surface area contributed by atoms with E-state index in [0.717, 1.165) is 55.7 Å². The number of likely N-dealkylation sites (tertiary alicyclic amines) is 1. The molecule has 2 heterocycles. The van der Waals surface area contributed by atoms with Crippen molar-refractivity contribution in [1.29, 1.82) is 0 Å². The molecule has 2 saturated carbocycles. The van der Waals surface area contributed by atoms with Gasteiger partial charge in [-0.3, -0.25) is 9.59 Å². The van der Waals surface area contributed by atoms with E-state index in [-0.39, 0.29) is 17.9 Å². The van der Waals surface area contributed by atoms with Crippen LogP contribution in [0.25, 0.3) is 6.08 Å². The van der Waals surface area contributed by atoms with Crippen LogP contribution < -0.4 is 5.73 Å². The number of H-pyrrole nitrogens is 1. The van der Waals surface area contributed by atoms with E-state index in [1.807, 2.05) is 30.9 Å². The lowest BCUT2D eigenvalue weighted by molar-refractivity contribution is -0.134. The first-order valence-corrected chi connectivity index (χ1v) is 17.7. The zero-order chi connectivity index (χ0) is 30.9. The monoisotopic (exact) mass is 604 g/mol. The highest BCUT2D eigenvalue weighted by Gasteiger charge is 2.54. The molecule has 1 aromatic carbocycles. The first-order valence-electron chi connectivity index (χ1n) is 17.7. The summed E-state index contributed by atoms with van der Waals surface area (Å²) < 4.78 is 0. The molecule has 8 rings (SSSR count). The molecule has 6 aliphatic rings. The van der Waals surface area contributed by atoms with Crippen molar-refractivity contribution in [3.05, 3.63) is 81.5 Å². The van der Waals surface area contributed by atoms with Gasteiger partial charge in [-0.25, -0.2) is 4.98 Å². The summed E-state index contributed by atoms with van der Waals surface area (Å²) in [5.74, 6) is 2.85. The third kappa shape index (κ3) is 4.73. The Kier molecular flexibility index (Phi) is 7.27. The predicted octanol–water partition coefficient (Wildman–Crippen LogP) is 7.60. The molecule has 6 nitrogen and oxygen atoms in total. The molecule has 1 amide bonds. The molecular weight excluding hydrogens is 556 g/mol. The second kappa shape index (κ2) is 11.2. The Morgan fingerprint density at radius 2 is 1.84 bits per heavy atom. The number of nitrogens with one attached hydrogen (secondary N) is 1. The maximum Gasteiger partial charge on any atom is 0.240 e. The van der Waals surface area contributed by atoms with Gasteiger partial charge in [-0.2, -0.15) is 0 Å². The molecular formula is C39H48N4O2. The van der Waals surface area contributed by atoms with Crippen LogP contribution in [0.2, 0.25) is 0 Å². The molecule has 1 saturated heterocycles. The fourth-order valence-electron chi connectivity index (χ4n) is 10.2. The highest BCUT2D eigenvalue weighted by atomic mass is 16.2. The number of allylic oxidation sites excluding steroid dienone is 5. The number of rotatable bonds is 5. The molecule has 3 N–H and O–H groups in total. The number of nitrogens with zero attached hydrogens (tertiary/aromatic N) is 2. The van der Waals surface area contributed by atoms with Crippen LogP contribution in [0.3, 0.4) is 0 Å². The molecule has 45 heavy (non-hydrogen) atoms. The Morgan fingerprint density at radius 1 is 1.02 bits per heavy atom. The molecule has 6 heteroatoms. The number of hydrogen-bond acceptors (Lipinski definition) is 4. The summed E-state index contributed by atoms with van der Waals surface area (Å²) in [7, 11) is 0. The molecule has 1 aromatic heterocycles. The van der Waals surface area contributed by atoms with Gasteiger partial charge in [-0.15, -0.1) is 0 Å². The number of Topliss-reactive ketones (excluding diaryl/α,β-unsaturated/α-hetero) is 1. The molecule has 1 aliphatic heterocycles. The predicted molar refractivity (Wildman–Crippen MR) is 177 cm³/mol. The van der Waals surface area contributed by atoms with Gasteiger partial charge in [-0.05, 0) is 104 Å². The van der Waals surface area contributed by atoms with Gasteiger partial charge >= 0.3 is 0 Å². The topological polar surface area (TPSA) is 92.1 Å². The molecule has 3 fully saturated rings. The lowest BCUT2D eigenvalue weighted by Gasteiger charge is -2.42. The Morgan fingerprint density at radius 3 is 2.67 bits per heavy atom. The summed E-state index contributed by atoms with van der Waals surface area (Å²) in [4.78, 5) is 36.9. The van der Waals surface area contributed by atoms with Gasteiger partial charge in [0.05, 0.1) is 17.8 Å². The van der Waals surface area contributed by atoms with Gasteiger partial charge in [0.15, 0.2) is 5.78 Å². The number of aryl methyl sites for hydroxylation is 1. The summed E-state index contributed by atoms with van der Waals surface area (Å²) in [5.41, 5.74) is 15.8. The van der Waals surface area contributed by atoms with E-state index in [9.17, 15) is 9.59 Å². The molecule has 5 atom stereocenters. The minimum Gasteiger partial charge on any atom is -0.344 e. The number of carbonyl (C=O) groups is 2. The number of carbonyl (C=O) groups excluding carboxylic acids is 2. The third-order valence-corrected chi connectivity index (χ3v) is 12.5. The van der Waals surface area contributed by atoms with Crippen LogP contribution in [0.1, 0.15) is 130 Å². The van der Waals surface area contributed by atoms with Gasteiger partial charge in [0.1, 0.15) is 5.82 Å². The largest absolute Gasteiger partial charge is 0.344 e. The van der Waals surface area contributed by atoms with Crippen molar-refractivity contribution in [2.45, 2.75) is 109 Å². The van der Waals surface area contributed by atoms with Crippen molar-refractivity contribution in [3.8, 4) is 0 Å². The van der Waals surface area contributed by atoms with Crippen LogP contribution in [-0.4, -0.2) is 39.1 Å². The van der Waals surface area contributed by atoms with Crippen LogP contribution in [0.15, 0.2) is 53.1 Å². The molecule has 5 unspecified atom stereocenters. The van der Waals surface area contributed by atoms with Crippen molar-refractivity contribution >= 4 is 17.8 Å². The Balaban J connectivity index is 1.14. The number of ketones is 1. The fraction of sp³-hybridized carbons (Fsp3) is 0.564. The zero-order valence-electron chi connectivity index (χ0n) is 27.0. The average Bonchev–Trinajstić information content (AvgIpc) is 3.87. The van der Waals surface area contributed by atoms with E-state index in [0.29, 0.717) is 35.4 Å². The quantitative estimate of drug-likeness (QED) is 0.368. The number of aromatic nitrogens is 2. The minimum absolute atomic E-state index is 0.0182. The standard InChI is InChI=1S/C39H48N4O2/c1-23(2)36(40)38(45)43-21-7-10-33(43)37-41-31-15-11-24(22-32(31)42-37)25-12-13-28(30-17-20-39(35(25)30)18-5-6-19-39)27-14-16-34(44)29-9-4-3-8-26(27)29/h3-4,8-9,12-13,22-23,27,30,33,35-36H,5-7,10-11,14-21,40H2,1-2H3,(H,41,42). The normalized spacial score (nSPS) is 29.3. The molecule has 236 valence electrons. The molecule has 0 radical (unpaired) electrons. The highest BCUT2D eigenvalue weighted by molar-refractivity contribution is 5.99. The minimum atomic E-state index is -0.470. The van der Waals surface area contributed by atoms with Crippen LogP contribution in [-0.2, 0) is 11.2 Å². The summed E-state index contributed by atoms with van der Waals surface area (Å²) in [6.07, 6.45) is 20.8. The molecule has 0 bridgehead atoms. The smallest absolute Gasteiger partial charge is 0.240 e. The zero-order valence-corrected chi connectivity index (χ0v) is 27.0. The van der Waals surface area contributed by atoms with E-state index in [4.69, 9.17) is 10.7 Å². The third-order valence-electron chi connectivity index (χ3n) is 12.5. The van der Waals surface area contributed by atoms with E-state index in [2.05, 4.69) is 35.3 Å². The van der Waals surface area contributed by atoms with Gasteiger partial charge in [0.25, 0.3) is 0 Å². The van der Waals surface area contributed by atoms with Crippen LogP contribution >= 0.6 is 0 Å². The molecule has 5 aliphatic carbocycles. The maximum absolute atomic E-state index is 13.2. The lowest BCUT2D eigenvalue weighted by Crippen LogP contribution is -2.46. The van der Waals surface area contributed by atoms with Gasteiger partial charge in [0, 0.05) is 30.1 Å². The van der Waals surface area contributed by atoms with E-state index in [1.54, 1.807) is 11.1 Å². The van der Waals surface area contributed by atoms with Gasteiger partial charge in [0.2, 0.25) is 5.91 Å². The number of hydrogen-bond donors (Lipinski definition) is 2. The average molecular weight is 605 g/mol. The Labute approximate surface area is 267 Å². The van der Waals surface area contributed by atoms with Crippen LogP contribution in [0.4, 0.5) is 0 Å². The summed E-state index contributed by atoms with van der Waals surface area (Å²) >= 11 is 0. The summed E-state index contributed by atoms with van der Waals surface area (Å²) in [6.45, 7) is 4.79. The number of amides is 1. The van der Waals surface area contributed by atoms with Crippen molar-refractivity contribution < 1.29 is 9.59 Å². The first kappa shape index (κ1) is 29.2. The summed E-state index contributed by atoms with van der Waals surface area (Å²) in [5, 5.41) is 0. The number of aromatic amines is 1. The second-order valence-corrected chi connectivity index (χ2v) is 15.2. The van der Waals surface area contributed by atoms with Crippen molar-refractivity contribution in [1.82, 2.24) is 14.9 Å². The number of imidazole rings is 1. The van der Waals surface area contributed by atoms with E-state index >= 15 is 0 Å².